The zero-order chi connectivity index (χ0) is 27.4. The summed E-state index contributed by atoms with van der Waals surface area (Å²) in [5.74, 6) is -7.00. The van der Waals surface area contributed by atoms with Crippen LogP contribution in [0.2, 0.25) is 0 Å². The first-order chi connectivity index (χ1) is 16.8. The number of aliphatic carboxylic acids is 3. The SMILES string of the molecule is CCC(C)C(NC(=O)C(Cc1cnc[nH]1)NC(=O)C(N)CC(=O)O)C(=O)NC(CCC(=O)O)C(=O)O. The zero-order valence-electron chi connectivity index (χ0n) is 19.9. The van der Waals surface area contributed by atoms with Gasteiger partial charge in [-0.05, 0) is 12.3 Å². The quantitative estimate of drug-likeness (QED) is 0.123. The number of carbonyl (C=O) groups excluding carboxylic acids is 3. The average molecular weight is 513 g/mol. The Hall–Kier alpha value is -4.01. The van der Waals surface area contributed by atoms with E-state index < -0.39 is 78.6 Å². The number of imidazole rings is 1. The molecule has 36 heavy (non-hydrogen) atoms. The van der Waals surface area contributed by atoms with Crippen LogP contribution in [-0.2, 0) is 35.2 Å². The van der Waals surface area contributed by atoms with Gasteiger partial charge in [0.05, 0.1) is 18.8 Å². The molecule has 0 saturated carbocycles. The first kappa shape index (κ1) is 30.0. The van der Waals surface area contributed by atoms with E-state index in [1.807, 2.05) is 0 Å². The number of hydrogen-bond donors (Lipinski definition) is 8. The molecule has 0 spiro atoms. The minimum Gasteiger partial charge on any atom is -0.481 e. The number of nitrogens with one attached hydrogen (secondary N) is 4. The Morgan fingerprint density at radius 3 is 2.11 bits per heavy atom. The van der Waals surface area contributed by atoms with Crippen LogP contribution in [0.3, 0.4) is 0 Å². The summed E-state index contributed by atoms with van der Waals surface area (Å²) < 4.78 is 0. The minimum atomic E-state index is -1.49. The van der Waals surface area contributed by atoms with Crippen LogP contribution in [0.4, 0.5) is 0 Å². The number of aromatic amines is 1. The topological polar surface area (TPSA) is 254 Å². The number of aromatic nitrogens is 2. The summed E-state index contributed by atoms with van der Waals surface area (Å²) in [6.45, 7) is 3.38. The van der Waals surface area contributed by atoms with E-state index in [1.54, 1.807) is 13.8 Å². The van der Waals surface area contributed by atoms with Crippen LogP contribution in [0.15, 0.2) is 12.5 Å². The second-order valence-corrected chi connectivity index (χ2v) is 8.25. The monoisotopic (exact) mass is 512 g/mol. The van der Waals surface area contributed by atoms with E-state index in [-0.39, 0.29) is 12.8 Å². The van der Waals surface area contributed by atoms with Crippen molar-refractivity contribution < 1.29 is 44.1 Å². The van der Waals surface area contributed by atoms with E-state index in [9.17, 15) is 33.9 Å². The van der Waals surface area contributed by atoms with Crippen molar-refractivity contribution in [3.8, 4) is 0 Å². The second kappa shape index (κ2) is 14.4. The fourth-order valence-electron chi connectivity index (χ4n) is 3.13. The van der Waals surface area contributed by atoms with Crippen molar-refractivity contribution in [2.24, 2.45) is 11.7 Å². The lowest BCUT2D eigenvalue weighted by molar-refractivity contribution is -0.143. The summed E-state index contributed by atoms with van der Waals surface area (Å²) in [5, 5.41) is 34.1. The molecule has 1 aromatic rings. The molecule has 200 valence electrons. The predicted octanol–water partition coefficient (Wildman–Crippen LogP) is -1.80. The molecular weight excluding hydrogens is 480 g/mol. The van der Waals surface area contributed by atoms with Gasteiger partial charge in [-0.1, -0.05) is 20.3 Å². The number of rotatable bonds is 16. The van der Waals surface area contributed by atoms with Gasteiger partial charge in [-0.3, -0.25) is 24.0 Å². The zero-order valence-corrected chi connectivity index (χ0v) is 19.9. The molecule has 9 N–H and O–H groups in total. The molecule has 0 aromatic carbocycles. The van der Waals surface area contributed by atoms with Gasteiger partial charge >= 0.3 is 17.9 Å². The molecule has 1 aromatic heterocycles. The number of H-pyrrole nitrogens is 1. The summed E-state index contributed by atoms with van der Waals surface area (Å²) in [7, 11) is 0. The standard InChI is InChI=1S/C21H32N6O9/c1-3-10(2)17(20(34)25-13(21(35)36)4-5-15(28)29)27-19(33)14(6-11-8-23-9-24-11)26-18(32)12(22)7-16(30)31/h8-10,12-14,17H,3-7,22H2,1-2H3,(H,23,24)(H,25,34)(H,26,32)(H,27,33)(H,28,29)(H,30,31)(H,35,36). The molecular formula is C21H32N6O9. The van der Waals surface area contributed by atoms with Crippen LogP contribution in [0.1, 0.15) is 45.2 Å². The Morgan fingerprint density at radius 1 is 0.972 bits per heavy atom. The molecule has 0 aliphatic heterocycles. The van der Waals surface area contributed by atoms with Crippen molar-refractivity contribution in [1.82, 2.24) is 25.9 Å². The van der Waals surface area contributed by atoms with Gasteiger partial charge < -0.3 is 42.0 Å². The van der Waals surface area contributed by atoms with Gasteiger partial charge in [-0.15, -0.1) is 0 Å². The van der Waals surface area contributed by atoms with Crippen LogP contribution < -0.4 is 21.7 Å². The van der Waals surface area contributed by atoms with Crippen molar-refractivity contribution in [1.29, 1.82) is 0 Å². The number of nitrogens with two attached hydrogens (primary N) is 1. The summed E-state index contributed by atoms with van der Waals surface area (Å²) in [6, 6.07) is -5.42. The summed E-state index contributed by atoms with van der Waals surface area (Å²) in [4.78, 5) is 78.2. The Balaban J connectivity index is 3.07. The average Bonchev–Trinajstić information content (AvgIpc) is 3.31. The first-order valence-corrected chi connectivity index (χ1v) is 11.2. The third kappa shape index (κ3) is 10.1. The molecule has 0 aliphatic rings. The highest BCUT2D eigenvalue weighted by atomic mass is 16.4. The maximum Gasteiger partial charge on any atom is 0.326 e. The smallest absolute Gasteiger partial charge is 0.326 e. The van der Waals surface area contributed by atoms with Crippen molar-refractivity contribution in [3.63, 3.8) is 0 Å². The van der Waals surface area contributed by atoms with Crippen LogP contribution >= 0.6 is 0 Å². The lowest BCUT2D eigenvalue weighted by Gasteiger charge is -2.28. The summed E-state index contributed by atoms with van der Waals surface area (Å²) in [5.41, 5.74) is 6.04. The molecule has 5 unspecified atom stereocenters. The lowest BCUT2D eigenvalue weighted by Crippen LogP contribution is -2.59. The van der Waals surface area contributed by atoms with E-state index in [0.717, 1.165) is 0 Å². The van der Waals surface area contributed by atoms with Crippen LogP contribution in [0.25, 0.3) is 0 Å². The van der Waals surface area contributed by atoms with Crippen molar-refractivity contribution in [2.45, 2.75) is 70.1 Å². The van der Waals surface area contributed by atoms with E-state index in [2.05, 4.69) is 25.9 Å². The molecule has 0 aliphatic carbocycles. The molecule has 0 fully saturated rings. The lowest BCUT2D eigenvalue weighted by atomic mass is 9.96. The largest absolute Gasteiger partial charge is 0.481 e. The van der Waals surface area contributed by atoms with Crippen molar-refractivity contribution in [2.75, 3.05) is 0 Å². The highest BCUT2D eigenvalue weighted by Gasteiger charge is 2.33. The van der Waals surface area contributed by atoms with Crippen LogP contribution in [-0.4, -0.2) is 85.1 Å². The number of nitrogens with zero attached hydrogens (tertiary/aromatic N) is 1. The minimum absolute atomic E-state index is 0.0947. The maximum atomic E-state index is 13.1. The Kier molecular flexibility index (Phi) is 12.0. The number of amides is 3. The van der Waals surface area contributed by atoms with E-state index in [4.69, 9.17) is 15.9 Å². The third-order valence-electron chi connectivity index (χ3n) is 5.40. The predicted molar refractivity (Wildman–Crippen MR) is 122 cm³/mol. The fraction of sp³-hybridized carbons (Fsp3) is 0.571. The van der Waals surface area contributed by atoms with Gasteiger partial charge in [0.15, 0.2) is 0 Å². The first-order valence-electron chi connectivity index (χ1n) is 11.2. The van der Waals surface area contributed by atoms with Gasteiger partial charge in [0.25, 0.3) is 0 Å². The van der Waals surface area contributed by atoms with E-state index >= 15 is 0 Å². The van der Waals surface area contributed by atoms with E-state index in [0.29, 0.717) is 12.1 Å². The molecule has 3 amide bonds. The van der Waals surface area contributed by atoms with Gasteiger partial charge in [-0.2, -0.15) is 0 Å². The van der Waals surface area contributed by atoms with Gasteiger partial charge in [0.2, 0.25) is 17.7 Å². The number of carboxylic acids is 3. The van der Waals surface area contributed by atoms with Gasteiger partial charge in [-0.25, -0.2) is 9.78 Å². The van der Waals surface area contributed by atoms with Crippen LogP contribution in [0.5, 0.6) is 0 Å². The molecule has 15 nitrogen and oxygen atoms in total. The molecule has 1 rings (SSSR count). The molecule has 0 radical (unpaired) electrons. The number of hydrogen-bond acceptors (Lipinski definition) is 8. The molecule has 0 bridgehead atoms. The maximum absolute atomic E-state index is 13.1. The third-order valence-corrected chi connectivity index (χ3v) is 5.40. The highest BCUT2D eigenvalue weighted by molar-refractivity contribution is 5.95. The molecule has 15 heteroatoms. The Morgan fingerprint density at radius 2 is 1.61 bits per heavy atom. The van der Waals surface area contributed by atoms with Gasteiger partial charge in [0.1, 0.15) is 18.1 Å². The number of carbonyl (C=O) groups is 6. The highest BCUT2D eigenvalue weighted by Crippen LogP contribution is 2.11. The Bertz CT molecular complexity index is 936. The van der Waals surface area contributed by atoms with Gasteiger partial charge in [0, 0.05) is 24.7 Å². The van der Waals surface area contributed by atoms with E-state index in [1.165, 1.54) is 12.5 Å². The Labute approximate surface area is 206 Å². The van der Waals surface area contributed by atoms with Crippen LogP contribution in [0, 0.1) is 5.92 Å². The summed E-state index contributed by atoms with van der Waals surface area (Å²) in [6.07, 6.45) is 1.54. The van der Waals surface area contributed by atoms with Crippen molar-refractivity contribution in [3.05, 3.63) is 18.2 Å². The molecule has 5 atom stereocenters. The second-order valence-electron chi connectivity index (χ2n) is 8.25. The number of carboxylic acid groups (broad SMARTS) is 3. The normalized spacial score (nSPS) is 15.0. The molecule has 1 heterocycles. The van der Waals surface area contributed by atoms with Crippen molar-refractivity contribution >= 4 is 35.6 Å². The molecule has 0 saturated heterocycles. The summed E-state index contributed by atoms with van der Waals surface area (Å²) >= 11 is 0. The fourth-order valence-corrected chi connectivity index (χ4v) is 3.13.